The zero-order valence-corrected chi connectivity index (χ0v) is 16.1. The third-order valence-corrected chi connectivity index (χ3v) is 5.57. The molecule has 0 atom stereocenters. The van der Waals surface area contributed by atoms with Crippen molar-refractivity contribution >= 4 is 39.1 Å². The highest BCUT2D eigenvalue weighted by molar-refractivity contribution is 7.21. The SMILES string of the molecule is COC(=O)c1sc2nc(CN3CCOCC3)ccc2c1NC(=O)c1ccoc1. The van der Waals surface area contributed by atoms with E-state index >= 15 is 0 Å². The third-order valence-electron chi connectivity index (χ3n) is 4.50. The van der Waals surface area contributed by atoms with E-state index in [2.05, 4.69) is 10.2 Å². The monoisotopic (exact) mass is 401 g/mol. The van der Waals surface area contributed by atoms with Crippen molar-refractivity contribution in [2.45, 2.75) is 6.54 Å². The van der Waals surface area contributed by atoms with Crippen LogP contribution in [0.25, 0.3) is 10.2 Å². The van der Waals surface area contributed by atoms with Gasteiger partial charge in [-0.25, -0.2) is 9.78 Å². The number of carbonyl (C=O) groups is 2. The van der Waals surface area contributed by atoms with E-state index in [4.69, 9.17) is 18.9 Å². The van der Waals surface area contributed by atoms with E-state index in [0.717, 1.165) is 32.0 Å². The Kier molecular flexibility index (Phi) is 5.38. The maximum Gasteiger partial charge on any atom is 0.350 e. The van der Waals surface area contributed by atoms with Crippen LogP contribution < -0.4 is 5.32 Å². The summed E-state index contributed by atoms with van der Waals surface area (Å²) in [5.74, 6) is -0.879. The summed E-state index contributed by atoms with van der Waals surface area (Å²) in [4.78, 5) is 32.6. The molecule has 1 aliphatic rings. The number of esters is 1. The Balaban J connectivity index is 1.66. The maximum atomic E-state index is 12.5. The second-order valence-corrected chi connectivity index (χ2v) is 7.31. The van der Waals surface area contributed by atoms with E-state index in [1.54, 1.807) is 6.07 Å². The fourth-order valence-electron chi connectivity index (χ4n) is 3.03. The van der Waals surface area contributed by atoms with Crippen molar-refractivity contribution in [3.63, 3.8) is 0 Å². The summed E-state index contributed by atoms with van der Waals surface area (Å²) in [5, 5.41) is 3.50. The number of anilines is 1. The van der Waals surface area contributed by atoms with Gasteiger partial charge in [0.1, 0.15) is 16.0 Å². The van der Waals surface area contributed by atoms with E-state index in [9.17, 15) is 9.59 Å². The molecule has 3 aromatic rings. The quantitative estimate of drug-likeness (QED) is 0.657. The molecular formula is C19H19N3O5S. The van der Waals surface area contributed by atoms with Crippen LogP contribution in [0.2, 0.25) is 0 Å². The molecule has 1 aliphatic heterocycles. The Morgan fingerprint density at radius 3 is 2.82 bits per heavy atom. The largest absolute Gasteiger partial charge is 0.472 e. The second-order valence-electron chi connectivity index (χ2n) is 6.31. The number of hydrogen-bond donors (Lipinski definition) is 1. The zero-order chi connectivity index (χ0) is 19.5. The number of carbonyl (C=O) groups excluding carboxylic acids is 2. The van der Waals surface area contributed by atoms with Crippen molar-refractivity contribution in [1.82, 2.24) is 9.88 Å². The van der Waals surface area contributed by atoms with Crippen molar-refractivity contribution in [1.29, 1.82) is 0 Å². The molecule has 0 unspecified atom stereocenters. The van der Waals surface area contributed by atoms with Gasteiger partial charge in [0, 0.05) is 25.0 Å². The lowest BCUT2D eigenvalue weighted by Crippen LogP contribution is -2.35. The Morgan fingerprint density at radius 2 is 2.11 bits per heavy atom. The van der Waals surface area contributed by atoms with Gasteiger partial charge in [-0.3, -0.25) is 9.69 Å². The van der Waals surface area contributed by atoms with E-state index in [-0.39, 0.29) is 5.91 Å². The van der Waals surface area contributed by atoms with Gasteiger partial charge >= 0.3 is 5.97 Å². The molecule has 1 N–H and O–H groups in total. The first-order valence-electron chi connectivity index (χ1n) is 8.80. The number of amides is 1. The third kappa shape index (κ3) is 3.77. The first-order valence-corrected chi connectivity index (χ1v) is 9.61. The average Bonchev–Trinajstić information content (AvgIpc) is 3.37. The number of aromatic nitrogens is 1. The van der Waals surface area contributed by atoms with Crippen LogP contribution in [0, 0.1) is 0 Å². The Hall–Kier alpha value is -2.75. The van der Waals surface area contributed by atoms with E-state index < -0.39 is 5.97 Å². The van der Waals surface area contributed by atoms with Gasteiger partial charge in [-0.15, -0.1) is 11.3 Å². The minimum Gasteiger partial charge on any atom is -0.472 e. The van der Waals surface area contributed by atoms with Crippen molar-refractivity contribution in [2.75, 3.05) is 38.7 Å². The van der Waals surface area contributed by atoms with Gasteiger partial charge in [0.15, 0.2) is 0 Å². The predicted molar refractivity (Wildman–Crippen MR) is 104 cm³/mol. The van der Waals surface area contributed by atoms with Gasteiger partial charge in [-0.1, -0.05) is 0 Å². The number of ether oxygens (including phenoxy) is 2. The molecule has 0 radical (unpaired) electrons. The molecule has 0 aliphatic carbocycles. The molecule has 28 heavy (non-hydrogen) atoms. The van der Waals surface area contributed by atoms with Crippen LogP contribution in [-0.4, -0.2) is 55.2 Å². The lowest BCUT2D eigenvalue weighted by atomic mass is 10.2. The summed E-state index contributed by atoms with van der Waals surface area (Å²) in [6.45, 7) is 3.88. The molecule has 4 heterocycles. The topological polar surface area (TPSA) is 93.9 Å². The minimum absolute atomic E-state index is 0.311. The lowest BCUT2D eigenvalue weighted by molar-refractivity contribution is 0.0337. The highest BCUT2D eigenvalue weighted by atomic mass is 32.1. The first-order chi connectivity index (χ1) is 13.7. The molecule has 4 rings (SSSR count). The molecule has 146 valence electrons. The first kappa shape index (κ1) is 18.6. The number of fused-ring (bicyclic) bond motifs is 1. The molecule has 1 saturated heterocycles. The number of hydrogen-bond acceptors (Lipinski definition) is 8. The summed E-state index contributed by atoms with van der Waals surface area (Å²) < 4.78 is 15.2. The van der Waals surface area contributed by atoms with Crippen molar-refractivity contribution in [3.8, 4) is 0 Å². The van der Waals surface area contributed by atoms with Crippen LogP contribution in [0.15, 0.2) is 35.1 Å². The average molecular weight is 401 g/mol. The zero-order valence-electron chi connectivity index (χ0n) is 15.3. The lowest BCUT2D eigenvalue weighted by Gasteiger charge is -2.26. The number of rotatable bonds is 5. The van der Waals surface area contributed by atoms with E-state index in [0.29, 0.717) is 32.9 Å². The number of nitrogens with zero attached hydrogens (tertiary/aromatic N) is 2. The van der Waals surface area contributed by atoms with Crippen LogP contribution in [-0.2, 0) is 16.0 Å². The van der Waals surface area contributed by atoms with Crippen molar-refractivity contribution < 1.29 is 23.5 Å². The van der Waals surface area contributed by atoms with Gasteiger partial charge in [-0.2, -0.15) is 0 Å². The standard InChI is InChI=1S/C19H19N3O5S/c1-25-19(24)16-15(21-17(23)12-4-7-27-11-12)14-3-2-13(20-18(14)28-16)10-22-5-8-26-9-6-22/h2-4,7,11H,5-6,8-10H2,1H3,(H,21,23). The van der Waals surface area contributed by atoms with Gasteiger partial charge in [0.25, 0.3) is 5.91 Å². The molecule has 1 amide bonds. The minimum atomic E-state index is -0.514. The Labute approximate surface area is 165 Å². The second kappa shape index (κ2) is 8.09. The molecule has 0 saturated carbocycles. The van der Waals surface area contributed by atoms with Crippen LogP contribution in [0.1, 0.15) is 25.7 Å². The van der Waals surface area contributed by atoms with Crippen molar-refractivity contribution in [3.05, 3.63) is 46.9 Å². The molecule has 8 nitrogen and oxygen atoms in total. The van der Waals surface area contributed by atoms with E-state index in [1.165, 1.54) is 31.0 Å². The summed E-state index contributed by atoms with van der Waals surface area (Å²) in [6.07, 6.45) is 2.77. The predicted octanol–water partition coefficient (Wildman–Crippen LogP) is 2.76. The van der Waals surface area contributed by atoms with Crippen LogP contribution >= 0.6 is 11.3 Å². The molecule has 3 aromatic heterocycles. The van der Waals surface area contributed by atoms with Gasteiger partial charge in [0.2, 0.25) is 0 Å². The van der Waals surface area contributed by atoms with Gasteiger partial charge in [0.05, 0.1) is 43.5 Å². The number of pyridine rings is 1. The number of furan rings is 1. The molecule has 0 bridgehead atoms. The van der Waals surface area contributed by atoms with Crippen LogP contribution in [0.3, 0.4) is 0 Å². The summed E-state index contributed by atoms with van der Waals surface area (Å²) >= 11 is 1.20. The number of methoxy groups -OCH3 is 1. The van der Waals surface area contributed by atoms with Crippen LogP contribution in [0.5, 0.6) is 0 Å². The Morgan fingerprint density at radius 1 is 1.29 bits per heavy atom. The molecule has 0 spiro atoms. The summed E-state index contributed by atoms with van der Waals surface area (Å²) in [6, 6.07) is 5.35. The maximum absolute atomic E-state index is 12.5. The number of thiophene rings is 1. The normalized spacial score (nSPS) is 14.9. The highest BCUT2D eigenvalue weighted by Crippen LogP contribution is 2.36. The van der Waals surface area contributed by atoms with Gasteiger partial charge in [-0.05, 0) is 18.2 Å². The summed E-state index contributed by atoms with van der Waals surface area (Å²) in [7, 11) is 1.31. The molecular weight excluding hydrogens is 382 g/mol. The number of morpholine rings is 1. The molecule has 9 heteroatoms. The highest BCUT2D eigenvalue weighted by Gasteiger charge is 2.23. The fraction of sp³-hybridized carbons (Fsp3) is 0.316. The van der Waals surface area contributed by atoms with E-state index in [1.807, 2.05) is 12.1 Å². The smallest absolute Gasteiger partial charge is 0.350 e. The van der Waals surface area contributed by atoms with Gasteiger partial charge < -0.3 is 19.2 Å². The molecule has 1 fully saturated rings. The number of nitrogens with one attached hydrogen (secondary N) is 1. The van der Waals surface area contributed by atoms with Crippen LogP contribution in [0.4, 0.5) is 5.69 Å². The summed E-state index contributed by atoms with van der Waals surface area (Å²) in [5.41, 5.74) is 1.68. The molecule has 0 aromatic carbocycles. The fourth-order valence-corrected chi connectivity index (χ4v) is 4.10. The van der Waals surface area contributed by atoms with Crippen molar-refractivity contribution in [2.24, 2.45) is 0 Å². The Bertz CT molecular complexity index is 993.